The summed E-state index contributed by atoms with van der Waals surface area (Å²) in [6.45, 7) is 2.37. The van der Waals surface area contributed by atoms with Gasteiger partial charge < -0.3 is 23.5 Å². The molecule has 2 aliphatic rings. The normalized spacial score (nSPS) is 20.9. The minimum atomic E-state index is -0.360. The molecule has 9 heteroatoms. The first kappa shape index (κ1) is 23.1. The maximum atomic E-state index is 12.4. The number of hydrogen-bond acceptors (Lipinski definition) is 8. The van der Waals surface area contributed by atoms with Gasteiger partial charge in [0.05, 0.1) is 11.4 Å². The Bertz CT molecular complexity index is 955. The molecule has 0 spiro atoms. The summed E-state index contributed by atoms with van der Waals surface area (Å²) in [4.78, 5) is 33.6. The Hall–Kier alpha value is -3.10. The second-order valence-corrected chi connectivity index (χ2v) is 8.77. The molecule has 9 nitrogen and oxygen atoms in total. The van der Waals surface area contributed by atoms with Gasteiger partial charge in [-0.1, -0.05) is 12.8 Å². The highest BCUT2D eigenvalue weighted by Crippen LogP contribution is 2.29. The van der Waals surface area contributed by atoms with Crippen molar-refractivity contribution in [3.05, 3.63) is 30.0 Å². The Morgan fingerprint density at radius 3 is 2.73 bits per heavy atom. The number of nitrogens with zero attached hydrogens (tertiary/aromatic N) is 3. The molecule has 2 heterocycles. The number of amides is 1. The van der Waals surface area contributed by atoms with Gasteiger partial charge in [0.15, 0.2) is 18.8 Å². The Kier molecular flexibility index (Phi) is 7.47. The van der Waals surface area contributed by atoms with Gasteiger partial charge in [-0.3, -0.25) is 4.79 Å². The van der Waals surface area contributed by atoms with E-state index in [2.05, 4.69) is 9.97 Å². The van der Waals surface area contributed by atoms with E-state index in [0.717, 1.165) is 50.6 Å². The van der Waals surface area contributed by atoms with Crippen LogP contribution in [0.4, 0.5) is 4.79 Å². The number of aryl methyl sites for hydroxylation is 1. The molecule has 2 fully saturated rings. The van der Waals surface area contributed by atoms with Crippen LogP contribution in [0.5, 0.6) is 5.75 Å². The zero-order chi connectivity index (χ0) is 23.2. The summed E-state index contributed by atoms with van der Waals surface area (Å²) in [6, 6.07) is 3.92. The van der Waals surface area contributed by atoms with Crippen molar-refractivity contribution >= 4 is 12.6 Å². The zero-order valence-corrected chi connectivity index (χ0v) is 19.2. The molecule has 2 aromatic heterocycles. The molecule has 0 unspecified atom stereocenters. The van der Waals surface area contributed by atoms with Gasteiger partial charge in [-0.05, 0) is 51.2 Å². The van der Waals surface area contributed by atoms with Crippen molar-refractivity contribution in [1.29, 1.82) is 0 Å². The standard InChI is InChI=1S/C24H31N3O6/c1-16-21(33-19-9-5-8-18(12-19)32-15-28)11-10-20(26-16)23-22(31-14-25-23)13-30-24(29)27(2)17-6-3-4-7-17/h10-11,14-15,17-19H,3-9,12-13H2,1-2H3/t18-,19-/m0/s1. The predicted molar refractivity (Wildman–Crippen MR) is 118 cm³/mol. The first-order chi connectivity index (χ1) is 16.0. The van der Waals surface area contributed by atoms with Gasteiger partial charge in [0.25, 0.3) is 6.47 Å². The summed E-state index contributed by atoms with van der Waals surface area (Å²) in [6.07, 6.45) is 8.58. The minimum absolute atomic E-state index is 0.00952. The molecule has 0 N–H and O–H groups in total. The average molecular weight is 458 g/mol. The molecule has 33 heavy (non-hydrogen) atoms. The van der Waals surface area contributed by atoms with Crippen LogP contribution in [0.2, 0.25) is 0 Å². The van der Waals surface area contributed by atoms with Crippen LogP contribution >= 0.6 is 0 Å². The Morgan fingerprint density at radius 1 is 1.18 bits per heavy atom. The average Bonchev–Trinajstić information content (AvgIpc) is 3.51. The van der Waals surface area contributed by atoms with Crippen LogP contribution in [-0.4, -0.2) is 52.7 Å². The number of carbonyl (C=O) groups is 2. The topological polar surface area (TPSA) is 104 Å². The maximum Gasteiger partial charge on any atom is 0.410 e. The van der Waals surface area contributed by atoms with Crippen molar-refractivity contribution in [2.75, 3.05) is 7.05 Å². The van der Waals surface area contributed by atoms with Crippen LogP contribution < -0.4 is 4.74 Å². The van der Waals surface area contributed by atoms with E-state index in [-0.39, 0.29) is 30.9 Å². The molecule has 4 rings (SSSR count). The number of carbonyl (C=O) groups excluding carboxylic acids is 2. The molecule has 0 bridgehead atoms. The summed E-state index contributed by atoms with van der Waals surface area (Å²) in [7, 11) is 1.78. The van der Waals surface area contributed by atoms with Gasteiger partial charge in [-0.15, -0.1) is 0 Å². The Morgan fingerprint density at radius 2 is 1.97 bits per heavy atom. The summed E-state index contributed by atoms with van der Waals surface area (Å²) in [5, 5.41) is 0. The van der Waals surface area contributed by atoms with Crippen molar-refractivity contribution in [2.45, 2.75) is 83.1 Å². The monoisotopic (exact) mass is 457 g/mol. The zero-order valence-electron chi connectivity index (χ0n) is 19.2. The van der Waals surface area contributed by atoms with Crippen LogP contribution in [0.1, 0.15) is 62.8 Å². The van der Waals surface area contributed by atoms with Gasteiger partial charge in [-0.2, -0.15) is 0 Å². The van der Waals surface area contributed by atoms with E-state index in [1.54, 1.807) is 11.9 Å². The molecule has 1 amide bonds. The van der Waals surface area contributed by atoms with E-state index in [4.69, 9.17) is 18.6 Å². The number of hydrogen-bond donors (Lipinski definition) is 0. The van der Waals surface area contributed by atoms with Crippen molar-refractivity contribution < 1.29 is 28.2 Å². The lowest BCUT2D eigenvalue weighted by Crippen LogP contribution is -2.35. The van der Waals surface area contributed by atoms with E-state index in [0.29, 0.717) is 35.8 Å². The summed E-state index contributed by atoms with van der Waals surface area (Å²) in [5.41, 5.74) is 1.88. The first-order valence-electron chi connectivity index (χ1n) is 11.6. The number of aromatic nitrogens is 2. The molecule has 0 aromatic carbocycles. The molecule has 2 aromatic rings. The molecule has 2 atom stereocenters. The highest BCUT2D eigenvalue weighted by Gasteiger charge is 2.26. The van der Waals surface area contributed by atoms with Crippen molar-refractivity contribution in [3.8, 4) is 17.1 Å². The third-order valence-electron chi connectivity index (χ3n) is 6.53. The Labute approximate surface area is 193 Å². The van der Waals surface area contributed by atoms with Crippen molar-refractivity contribution in [2.24, 2.45) is 0 Å². The van der Waals surface area contributed by atoms with E-state index in [1.165, 1.54) is 6.39 Å². The lowest BCUT2D eigenvalue weighted by atomic mass is 9.95. The summed E-state index contributed by atoms with van der Waals surface area (Å²) in [5.74, 6) is 1.13. The number of rotatable bonds is 8. The van der Waals surface area contributed by atoms with Crippen LogP contribution in [0.3, 0.4) is 0 Å². The molecule has 2 saturated carbocycles. The second kappa shape index (κ2) is 10.7. The largest absolute Gasteiger partial charge is 0.488 e. The van der Waals surface area contributed by atoms with E-state index >= 15 is 0 Å². The molecular formula is C24H31N3O6. The van der Waals surface area contributed by atoms with Gasteiger partial charge in [-0.25, -0.2) is 14.8 Å². The number of ether oxygens (including phenoxy) is 3. The highest BCUT2D eigenvalue weighted by molar-refractivity contribution is 5.68. The van der Waals surface area contributed by atoms with Crippen LogP contribution in [0.15, 0.2) is 22.9 Å². The SMILES string of the molecule is Cc1nc(-c2ncoc2COC(=O)N(C)C2CCCC2)ccc1O[C@H]1CCC[C@H](OC=O)C1. The molecule has 0 aliphatic heterocycles. The molecule has 178 valence electrons. The Balaban J connectivity index is 1.38. The van der Waals surface area contributed by atoms with Crippen molar-refractivity contribution in [1.82, 2.24) is 14.9 Å². The quantitative estimate of drug-likeness (QED) is 0.537. The van der Waals surface area contributed by atoms with Crippen LogP contribution in [-0.2, 0) is 20.9 Å². The number of oxazole rings is 1. The molecule has 2 aliphatic carbocycles. The lowest BCUT2D eigenvalue weighted by Gasteiger charge is -2.28. The molecule has 0 saturated heterocycles. The minimum Gasteiger partial charge on any atom is -0.488 e. The fourth-order valence-electron chi connectivity index (χ4n) is 4.65. The van der Waals surface area contributed by atoms with Gasteiger partial charge in [0.1, 0.15) is 23.7 Å². The van der Waals surface area contributed by atoms with E-state index in [9.17, 15) is 9.59 Å². The predicted octanol–water partition coefficient (Wildman–Crippen LogP) is 4.42. The van der Waals surface area contributed by atoms with Gasteiger partial charge >= 0.3 is 6.09 Å². The van der Waals surface area contributed by atoms with Gasteiger partial charge in [0, 0.05) is 19.5 Å². The maximum absolute atomic E-state index is 12.4. The van der Waals surface area contributed by atoms with Gasteiger partial charge in [0.2, 0.25) is 0 Å². The van der Waals surface area contributed by atoms with E-state index in [1.807, 2.05) is 19.1 Å². The van der Waals surface area contributed by atoms with E-state index < -0.39 is 0 Å². The summed E-state index contributed by atoms with van der Waals surface area (Å²) >= 11 is 0. The van der Waals surface area contributed by atoms with Crippen molar-refractivity contribution in [3.63, 3.8) is 0 Å². The third-order valence-corrected chi connectivity index (χ3v) is 6.53. The number of pyridine rings is 1. The third kappa shape index (κ3) is 5.64. The second-order valence-electron chi connectivity index (χ2n) is 8.77. The van der Waals surface area contributed by atoms with Crippen LogP contribution in [0.25, 0.3) is 11.4 Å². The molecular weight excluding hydrogens is 426 g/mol. The smallest absolute Gasteiger partial charge is 0.410 e. The summed E-state index contributed by atoms with van der Waals surface area (Å²) < 4.78 is 22.2. The highest BCUT2D eigenvalue weighted by atomic mass is 16.6. The fourth-order valence-corrected chi connectivity index (χ4v) is 4.65. The first-order valence-corrected chi connectivity index (χ1v) is 11.6. The molecule has 0 radical (unpaired) electrons. The lowest BCUT2D eigenvalue weighted by molar-refractivity contribution is -0.136. The van der Waals surface area contributed by atoms with Crippen LogP contribution in [0, 0.1) is 6.92 Å². The fraction of sp³-hybridized carbons (Fsp3) is 0.583.